The molecule has 0 aromatic carbocycles. The van der Waals surface area contributed by atoms with E-state index in [1.807, 2.05) is 19.1 Å². The number of aromatic amines is 1. The standard InChI is InChI=1S/C23H29N9O/c1-3-5-17-18(26-2)12-20(28-21-13-19(22(25)33)30-31-21)29-23(17)27-14-10-15-6-7-16(11-14)32(15)9-4-8-24/h3,5,12-16H,2,4,6-7,9-11H2,1H3,(H2,25,33)(H3,27,28,29,30,31)/b5-3-/t14-,15-,16+. The topological polar surface area (TPSA) is 148 Å². The lowest BCUT2D eigenvalue weighted by Crippen LogP contribution is -2.47. The number of nitrogens with one attached hydrogen (secondary N) is 3. The fourth-order valence-electron chi connectivity index (χ4n) is 4.95. The van der Waals surface area contributed by atoms with Gasteiger partial charge in [0.15, 0.2) is 5.82 Å². The van der Waals surface area contributed by atoms with Crippen LogP contribution in [0.3, 0.4) is 0 Å². The van der Waals surface area contributed by atoms with Gasteiger partial charge < -0.3 is 16.4 Å². The number of nitrogens with two attached hydrogens (primary N) is 1. The van der Waals surface area contributed by atoms with Gasteiger partial charge in [-0.3, -0.25) is 19.8 Å². The molecule has 4 heterocycles. The quantitative estimate of drug-likeness (QED) is 0.431. The zero-order valence-corrected chi connectivity index (χ0v) is 18.7. The minimum absolute atomic E-state index is 0.210. The number of anilines is 3. The van der Waals surface area contributed by atoms with E-state index < -0.39 is 5.91 Å². The molecule has 10 nitrogen and oxygen atoms in total. The molecule has 0 aliphatic carbocycles. The Kier molecular flexibility index (Phi) is 6.70. The first-order valence-electron chi connectivity index (χ1n) is 11.2. The Morgan fingerprint density at radius 3 is 2.76 bits per heavy atom. The number of H-pyrrole nitrogens is 1. The fraction of sp³-hybridized carbons (Fsp3) is 0.435. The molecule has 2 aliphatic heterocycles. The molecule has 1 amide bonds. The number of amides is 1. The number of hydrogen-bond donors (Lipinski definition) is 4. The number of nitriles is 1. The lowest BCUT2D eigenvalue weighted by Gasteiger charge is -2.39. The van der Waals surface area contributed by atoms with E-state index in [-0.39, 0.29) is 11.7 Å². The Bertz CT molecular complexity index is 1090. The highest BCUT2D eigenvalue weighted by Gasteiger charge is 2.40. The SMILES string of the molecule is C=Nc1cc(Nc2cc(C(N)=O)[nH]n2)nc(N[C@@H]2C[C@H]3CC[C@@H](C2)N3CCC#N)c1/C=C\C. The third kappa shape index (κ3) is 4.88. The average molecular weight is 448 g/mol. The summed E-state index contributed by atoms with van der Waals surface area (Å²) in [6.45, 7) is 6.53. The van der Waals surface area contributed by atoms with E-state index in [0.717, 1.165) is 30.8 Å². The summed E-state index contributed by atoms with van der Waals surface area (Å²) in [6.07, 6.45) is 8.86. The van der Waals surface area contributed by atoms with Crippen LogP contribution in [-0.2, 0) is 0 Å². The van der Waals surface area contributed by atoms with Crippen molar-refractivity contribution in [2.24, 2.45) is 10.7 Å². The van der Waals surface area contributed by atoms with Gasteiger partial charge in [-0.05, 0) is 39.3 Å². The van der Waals surface area contributed by atoms with Crippen LogP contribution in [0.4, 0.5) is 23.1 Å². The van der Waals surface area contributed by atoms with Crippen LogP contribution in [0.25, 0.3) is 6.08 Å². The molecule has 2 bridgehead atoms. The van der Waals surface area contributed by atoms with Crippen molar-refractivity contribution in [1.29, 1.82) is 5.26 Å². The van der Waals surface area contributed by atoms with Crippen molar-refractivity contribution >= 4 is 41.8 Å². The minimum Gasteiger partial charge on any atom is -0.367 e. The van der Waals surface area contributed by atoms with Gasteiger partial charge in [0.1, 0.15) is 17.3 Å². The van der Waals surface area contributed by atoms with E-state index in [9.17, 15) is 4.79 Å². The van der Waals surface area contributed by atoms with Gasteiger partial charge in [0, 0.05) is 48.8 Å². The molecule has 0 spiro atoms. The summed E-state index contributed by atoms with van der Waals surface area (Å²) in [4.78, 5) is 22.8. The van der Waals surface area contributed by atoms with E-state index in [4.69, 9.17) is 16.0 Å². The minimum atomic E-state index is -0.585. The molecular weight excluding hydrogens is 418 g/mol. The molecule has 0 unspecified atom stereocenters. The number of pyridine rings is 1. The van der Waals surface area contributed by atoms with Crippen LogP contribution in [0.2, 0.25) is 0 Å². The van der Waals surface area contributed by atoms with Crippen LogP contribution in [0.5, 0.6) is 0 Å². The molecule has 3 atom stereocenters. The number of carbonyl (C=O) groups excluding carboxylic acids is 1. The van der Waals surface area contributed by atoms with Crippen molar-refractivity contribution in [3.05, 3.63) is 29.5 Å². The number of carbonyl (C=O) groups is 1. The zero-order valence-electron chi connectivity index (χ0n) is 18.7. The van der Waals surface area contributed by atoms with Gasteiger partial charge in [-0.2, -0.15) is 10.4 Å². The molecule has 172 valence electrons. The first-order chi connectivity index (χ1) is 16.0. The van der Waals surface area contributed by atoms with Crippen molar-refractivity contribution < 1.29 is 4.79 Å². The number of nitrogens with zero attached hydrogens (tertiary/aromatic N) is 5. The number of primary amides is 1. The molecule has 0 radical (unpaired) electrons. The summed E-state index contributed by atoms with van der Waals surface area (Å²) >= 11 is 0. The summed E-state index contributed by atoms with van der Waals surface area (Å²) in [5.74, 6) is 1.10. The van der Waals surface area contributed by atoms with E-state index in [0.29, 0.717) is 35.8 Å². The zero-order chi connectivity index (χ0) is 23.4. The maximum atomic E-state index is 11.3. The Morgan fingerprint density at radius 1 is 1.39 bits per heavy atom. The maximum Gasteiger partial charge on any atom is 0.266 e. The molecular formula is C23H29N9O. The van der Waals surface area contributed by atoms with Gasteiger partial charge in [-0.25, -0.2) is 4.98 Å². The summed E-state index contributed by atoms with van der Waals surface area (Å²) in [5, 5.41) is 22.4. The number of rotatable bonds is 9. The van der Waals surface area contributed by atoms with Crippen molar-refractivity contribution in [2.75, 3.05) is 17.2 Å². The van der Waals surface area contributed by atoms with E-state index in [1.165, 1.54) is 18.9 Å². The van der Waals surface area contributed by atoms with Gasteiger partial charge >= 0.3 is 0 Å². The lowest BCUT2D eigenvalue weighted by atomic mass is 9.96. The van der Waals surface area contributed by atoms with Crippen LogP contribution < -0.4 is 16.4 Å². The van der Waals surface area contributed by atoms with Gasteiger partial charge in [-0.15, -0.1) is 0 Å². The van der Waals surface area contributed by atoms with E-state index in [1.54, 1.807) is 6.07 Å². The van der Waals surface area contributed by atoms with Gasteiger partial charge in [0.25, 0.3) is 5.91 Å². The van der Waals surface area contributed by atoms with Crippen LogP contribution >= 0.6 is 0 Å². The summed E-state index contributed by atoms with van der Waals surface area (Å²) in [7, 11) is 0. The summed E-state index contributed by atoms with van der Waals surface area (Å²) in [5.41, 5.74) is 7.07. The van der Waals surface area contributed by atoms with Crippen LogP contribution in [0.15, 0.2) is 23.2 Å². The Morgan fingerprint density at radius 2 is 2.15 bits per heavy atom. The van der Waals surface area contributed by atoms with Crippen LogP contribution in [0, 0.1) is 11.3 Å². The third-order valence-corrected chi connectivity index (χ3v) is 6.35. The highest BCUT2D eigenvalue weighted by molar-refractivity contribution is 5.91. The molecule has 33 heavy (non-hydrogen) atoms. The normalized spacial score (nSPS) is 22.2. The molecule has 4 rings (SSSR count). The Labute approximate surface area is 193 Å². The predicted molar refractivity (Wildman–Crippen MR) is 129 cm³/mol. The molecule has 2 saturated heterocycles. The predicted octanol–water partition coefficient (Wildman–Crippen LogP) is 3.33. The number of fused-ring (bicyclic) bond motifs is 2. The van der Waals surface area contributed by atoms with Crippen molar-refractivity contribution in [3.8, 4) is 6.07 Å². The molecule has 5 N–H and O–H groups in total. The second kappa shape index (κ2) is 9.83. The van der Waals surface area contributed by atoms with Crippen LogP contribution in [0.1, 0.15) is 55.1 Å². The molecule has 2 aromatic heterocycles. The lowest BCUT2D eigenvalue weighted by molar-refractivity contribution is 0.0995. The number of piperidine rings is 1. The Hall–Kier alpha value is -3.71. The highest BCUT2D eigenvalue weighted by Crippen LogP contribution is 2.38. The van der Waals surface area contributed by atoms with Gasteiger partial charge in [0.2, 0.25) is 0 Å². The number of aromatic nitrogens is 3. The summed E-state index contributed by atoms with van der Waals surface area (Å²) < 4.78 is 0. The maximum absolute atomic E-state index is 11.3. The van der Waals surface area contributed by atoms with Crippen LogP contribution in [-0.4, -0.2) is 57.4 Å². The number of aliphatic imine (C=N–C) groups is 1. The van der Waals surface area contributed by atoms with E-state index in [2.05, 4.69) is 43.5 Å². The second-order valence-corrected chi connectivity index (χ2v) is 8.45. The van der Waals surface area contributed by atoms with E-state index >= 15 is 0 Å². The van der Waals surface area contributed by atoms with Crippen molar-refractivity contribution in [1.82, 2.24) is 20.1 Å². The largest absolute Gasteiger partial charge is 0.367 e. The van der Waals surface area contributed by atoms with Gasteiger partial charge in [0.05, 0.1) is 11.8 Å². The molecule has 0 saturated carbocycles. The van der Waals surface area contributed by atoms with Crippen molar-refractivity contribution in [3.63, 3.8) is 0 Å². The average Bonchev–Trinajstić information content (AvgIpc) is 3.35. The van der Waals surface area contributed by atoms with Crippen molar-refractivity contribution in [2.45, 2.75) is 57.2 Å². The first kappa shape index (κ1) is 22.5. The highest BCUT2D eigenvalue weighted by atomic mass is 16.1. The monoisotopic (exact) mass is 447 g/mol. The number of allylic oxidation sites excluding steroid dienone is 1. The fourth-order valence-corrected chi connectivity index (χ4v) is 4.95. The third-order valence-electron chi connectivity index (χ3n) is 6.35. The molecule has 10 heteroatoms. The smallest absolute Gasteiger partial charge is 0.266 e. The number of hydrogen-bond acceptors (Lipinski definition) is 8. The molecule has 2 aliphatic rings. The summed E-state index contributed by atoms with van der Waals surface area (Å²) in [6, 6.07) is 6.86. The Balaban J connectivity index is 1.57. The molecule has 2 aromatic rings. The second-order valence-electron chi connectivity index (χ2n) is 8.45. The first-order valence-corrected chi connectivity index (χ1v) is 11.2. The van der Waals surface area contributed by atoms with Gasteiger partial charge in [-0.1, -0.05) is 12.2 Å². The molecule has 2 fully saturated rings.